The fourth-order valence-electron chi connectivity index (χ4n) is 1.27. The number of rotatable bonds is 9. The Morgan fingerprint density at radius 2 is 1.90 bits per heavy atom. The Labute approximate surface area is 133 Å². The van der Waals surface area contributed by atoms with Crippen LogP contribution in [-0.4, -0.2) is 52.3 Å². The Morgan fingerprint density at radius 3 is 2.48 bits per heavy atom. The van der Waals surface area contributed by atoms with Crippen LogP contribution in [0.4, 0.5) is 16.7 Å². The zero-order valence-electron chi connectivity index (χ0n) is 12.2. The van der Waals surface area contributed by atoms with Gasteiger partial charge in [0, 0.05) is 25.9 Å². The van der Waals surface area contributed by atoms with E-state index < -0.39 is 0 Å². The third kappa shape index (κ3) is 7.19. The molecule has 3 N–H and O–H groups in total. The topological polar surface area (TPSA) is 91.8 Å². The first-order chi connectivity index (χ1) is 10.2. The van der Waals surface area contributed by atoms with Crippen molar-refractivity contribution in [1.82, 2.24) is 20.3 Å². The highest BCUT2D eigenvalue weighted by atomic mass is 32.2. The maximum atomic E-state index is 11.1. The predicted octanol–water partition coefficient (Wildman–Crippen LogP) is 2.07. The molecule has 0 fully saturated rings. The van der Waals surface area contributed by atoms with Crippen molar-refractivity contribution < 1.29 is 4.79 Å². The highest BCUT2D eigenvalue weighted by Crippen LogP contribution is 2.13. The van der Waals surface area contributed by atoms with Gasteiger partial charge in [0.25, 0.3) is 5.24 Å². The Bertz CT molecular complexity index is 471. The zero-order valence-corrected chi connectivity index (χ0v) is 13.8. The van der Waals surface area contributed by atoms with Gasteiger partial charge in [-0.3, -0.25) is 4.79 Å². The van der Waals surface area contributed by atoms with Crippen molar-refractivity contribution >= 4 is 40.7 Å². The van der Waals surface area contributed by atoms with Crippen LogP contribution in [0.15, 0.2) is 17.8 Å². The maximum Gasteiger partial charge on any atom is 0.278 e. The molecule has 0 bridgehead atoms. The normalized spacial score (nSPS) is 10.0. The molecule has 0 atom stereocenters. The molecule has 0 aromatic carbocycles. The van der Waals surface area contributed by atoms with E-state index in [4.69, 9.17) is 0 Å². The molecule has 0 saturated heterocycles. The van der Waals surface area contributed by atoms with E-state index in [0.29, 0.717) is 29.4 Å². The first kappa shape index (κ1) is 17.6. The van der Waals surface area contributed by atoms with Crippen molar-refractivity contribution in [3.63, 3.8) is 0 Å². The molecule has 0 unspecified atom stereocenters. The van der Waals surface area contributed by atoms with Gasteiger partial charge in [0.05, 0.1) is 0 Å². The predicted molar refractivity (Wildman–Crippen MR) is 90.3 cm³/mol. The highest BCUT2D eigenvalue weighted by molar-refractivity contribution is 8.13. The van der Waals surface area contributed by atoms with Crippen LogP contribution in [0.3, 0.4) is 0 Å². The van der Waals surface area contributed by atoms with Crippen LogP contribution >= 0.6 is 23.5 Å². The average molecular weight is 328 g/mol. The number of hydrogen-bond donors (Lipinski definition) is 3. The first-order valence-electron chi connectivity index (χ1n) is 6.42. The largest absolute Gasteiger partial charge is 0.354 e. The van der Waals surface area contributed by atoms with Gasteiger partial charge in [-0.05, 0) is 12.7 Å². The van der Waals surface area contributed by atoms with Gasteiger partial charge in [-0.25, -0.2) is 0 Å². The third-order valence-electron chi connectivity index (χ3n) is 2.25. The molecule has 21 heavy (non-hydrogen) atoms. The monoisotopic (exact) mass is 328 g/mol. The minimum absolute atomic E-state index is 0.0518. The molecule has 1 rings (SSSR count). The van der Waals surface area contributed by atoms with Gasteiger partial charge in [0.15, 0.2) is 5.16 Å². The summed E-state index contributed by atoms with van der Waals surface area (Å²) in [7, 11) is 1.61. The summed E-state index contributed by atoms with van der Waals surface area (Å²) in [4.78, 5) is 23.9. The van der Waals surface area contributed by atoms with Crippen LogP contribution in [0.1, 0.15) is 6.42 Å². The van der Waals surface area contributed by atoms with E-state index >= 15 is 0 Å². The Morgan fingerprint density at radius 1 is 1.24 bits per heavy atom. The van der Waals surface area contributed by atoms with Crippen LogP contribution in [-0.2, 0) is 0 Å². The number of aromatic nitrogens is 3. The summed E-state index contributed by atoms with van der Waals surface area (Å²) >= 11 is 2.66. The van der Waals surface area contributed by atoms with Crippen molar-refractivity contribution in [2.45, 2.75) is 11.6 Å². The minimum Gasteiger partial charge on any atom is -0.354 e. The lowest BCUT2D eigenvalue weighted by molar-refractivity contribution is 0.262. The summed E-state index contributed by atoms with van der Waals surface area (Å²) in [5, 5.41) is 9.36. The zero-order chi connectivity index (χ0) is 15.5. The van der Waals surface area contributed by atoms with Gasteiger partial charge in [0.2, 0.25) is 11.9 Å². The summed E-state index contributed by atoms with van der Waals surface area (Å²) in [5.41, 5.74) is 0. The van der Waals surface area contributed by atoms with E-state index in [1.54, 1.807) is 7.05 Å². The standard InChI is InChI=1S/C12H20N6OS2/c1-4-5-6-14-9-16-10(18-11(17-9)20-3)15-7-8-21-12(19)13-2/h4H,1,5-8H2,2-3H3,(H,13,19)(H2,14,15,16,17,18). The molecule has 9 heteroatoms. The van der Waals surface area contributed by atoms with Crippen molar-refractivity contribution in [3.8, 4) is 0 Å². The summed E-state index contributed by atoms with van der Waals surface area (Å²) in [6, 6.07) is 0. The number of hydrogen-bond acceptors (Lipinski definition) is 8. The molecule has 0 radical (unpaired) electrons. The SMILES string of the molecule is C=CCCNc1nc(NCCSC(=O)NC)nc(SC)n1. The van der Waals surface area contributed by atoms with Gasteiger partial charge in [0.1, 0.15) is 0 Å². The van der Waals surface area contributed by atoms with Crippen LogP contribution < -0.4 is 16.0 Å². The molecule has 1 aromatic heterocycles. The van der Waals surface area contributed by atoms with Crippen molar-refractivity contribution in [2.75, 3.05) is 42.8 Å². The Kier molecular flexibility index (Phi) is 8.60. The molecule has 0 saturated carbocycles. The summed E-state index contributed by atoms with van der Waals surface area (Å²) in [6.45, 7) is 5.00. The van der Waals surface area contributed by atoms with Crippen LogP contribution in [0, 0.1) is 0 Å². The van der Waals surface area contributed by atoms with Gasteiger partial charge >= 0.3 is 0 Å². The molecule has 0 aliphatic rings. The lowest BCUT2D eigenvalue weighted by Gasteiger charge is -2.08. The molecule has 116 valence electrons. The van der Waals surface area contributed by atoms with Crippen LogP contribution in [0.25, 0.3) is 0 Å². The number of carbonyl (C=O) groups is 1. The lowest BCUT2D eigenvalue weighted by Crippen LogP contribution is -2.16. The number of anilines is 2. The Balaban J connectivity index is 2.53. The number of nitrogens with one attached hydrogen (secondary N) is 3. The number of amides is 1. The van der Waals surface area contributed by atoms with Crippen LogP contribution in [0.2, 0.25) is 0 Å². The van der Waals surface area contributed by atoms with Gasteiger partial charge in [-0.1, -0.05) is 29.6 Å². The summed E-state index contributed by atoms with van der Waals surface area (Å²) in [6.07, 6.45) is 4.58. The van der Waals surface area contributed by atoms with Crippen molar-refractivity contribution in [1.29, 1.82) is 0 Å². The van der Waals surface area contributed by atoms with Gasteiger partial charge < -0.3 is 16.0 Å². The summed E-state index contributed by atoms with van der Waals surface area (Å²) < 4.78 is 0. The molecule has 1 amide bonds. The lowest BCUT2D eigenvalue weighted by atomic mass is 10.4. The highest BCUT2D eigenvalue weighted by Gasteiger charge is 2.05. The van der Waals surface area contributed by atoms with Crippen molar-refractivity contribution in [2.24, 2.45) is 0 Å². The number of carbonyl (C=O) groups excluding carboxylic acids is 1. The number of thioether (sulfide) groups is 2. The molecular formula is C12H20N6OS2. The quantitative estimate of drug-likeness (QED) is 0.360. The van der Waals surface area contributed by atoms with E-state index in [9.17, 15) is 4.79 Å². The van der Waals surface area contributed by atoms with E-state index in [-0.39, 0.29) is 5.24 Å². The molecule has 0 spiro atoms. The third-order valence-corrected chi connectivity index (χ3v) is 3.67. The van der Waals surface area contributed by atoms with Gasteiger partial charge in [-0.2, -0.15) is 15.0 Å². The average Bonchev–Trinajstić information content (AvgIpc) is 2.51. The summed E-state index contributed by atoms with van der Waals surface area (Å²) in [5.74, 6) is 1.68. The van der Waals surface area contributed by atoms with E-state index in [0.717, 1.165) is 13.0 Å². The molecule has 1 aromatic rings. The van der Waals surface area contributed by atoms with Crippen LogP contribution in [0.5, 0.6) is 0 Å². The molecular weight excluding hydrogens is 308 g/mol. The second-order valence-electron chi connectivity index (χ2n) is 3.79. The van der Waals surface area contributed by atoms with E-state index in [1.165, 1.54) is 23.5 Å². The molecule has 0 aliphatic carbocycles. The smallest absolute Gasteiger partial charge is 0.278 e. The van der Waals surface area contributed by atoms with E-state index in [1.807, 2.05) is 12.3 Å². The second kappa shape index (κ2) is 10.3. The fourth-order valence-corrected chi connectivity index (χ4v) is 2.16. The molecule has 1 heterocycles. The van der Waals surface area contributed by atoms with Gasteiger partial charge in [-0.15, -0.1) is 6.58 Å². The maximum absolute atomic E-state index is 11.1. The Hall–Kier alpha value is -1.48. The van der Waals surface area contributed by atoms with E-state index in [2.05, 4.69) is 37.5 Å². The first-order valence-corrected chi connectivity index (χ1v) is 8.63. The van der Waals surface area contributed by atoms with Crippen molar-refractivity contribution in [3.05, 3.63) is 12.7 Å². The second-order valence-corrected chi connectivity index (χ2v) is 5.63. The molecule has 0 aliphatic heterocycles. The minimum atomic E-state index is -0.0518. The molecule has 7 nitrogen and oxygen atoms in total. The number of nitrogens with zero attached hydrogens (tertiary/aromatic N) is 3. The fraction of sp³-hybridized carbons (Fsp3) is 0.500.